The Bertz CT molecular complexity index is 633. The summed E-state index contributed by atoms with van der Waals surface area (Å²) >= 11 is 0. The molecule has 115 valence electrons. The first kappa shape index (κ1) is 16.1. The predicted octanol–water partition coefficient (Wildman–Crippen LogP) is 4.11. The molecule has 0 heterocycles. The lowest BCUT2D eigenvalue weighted by atomic mass is 9.96. The Balaban J connectivity index is 1.98. The second kappa shape index (κ2) is 6.68. The van der Waals surface area contributed by atoms with Gasteiger partial charge in [0.15, 0.2) is 0 Å². The highest BCUT2D eigenvalue weighted by molar-refractivity contribution is 5.37. The van der Waals surface area contributed by atoms with Crippen molar-refractivity contribution in [2.24, 2.45) is 0 Å². The molecule has 2 aromatic rings. The largest absolute Gasteiger partial charge is 0.269 e. The topological polar surface area (TPSA) is 72.6 Å². The van der Waals surface area contributed by atoms with Gasteiger partial charge in [0.2, 0.25) is 0 Å². The summed E-state index contributed by atoms with van der Waals surface area (Å²) < 4.78 is 0. The summed E-state index contributed by atoms with van der Waals surface area (Å²) in [4.78, 5) is 14.6. The van der Waals surface area contributed by atoms with E-state index in [4.69, 9.17) is 5.26 Å². The molecule has 1 radical (unpaired) electrons. The predicted molar refractivity (Wildman–Crippen MR) is 83.4 cm³/mol. The Hall–Kier alpha value is -2.24. The lowest BCUT2D eigenvalue weighted by Gasteiger charge is -2.21. The van der Waals surface area contributed by atoms with Crippen molar-refractivity contribution in [1.29, 1.82) is 0 Å². The monoisotopic (exact) mass is 300 g/mol. The lowest BCUT2D eigenvalue weighted by molar-refractivity contribution is -0.384. The van der Waals surface area contributed by atoms with Crippen LogP contribution in [0.25, 0.3) is 0 Å². The number of non-ortho nitro benzene ring substituents is 1. The van der Waals surface area contributed by atoms with Gasteiger partial charge in [-0.05, 0) is 43.4 Å². The highest BCUT2D eigenvalue weighted by Gasteiger charge is 2.21. The third kappa shape index (κ3) is 3.90. The summed E-state index contributed by atoms with van der Waals surface area (Å²) in [6.45, 7) is 3.57. The number of nitrogens with zero attached hydrogens (tertiary/aromatic N) is 1. The highest BCUT2D eigenvalue weighted by atomic mass is 17.1. The summed E-state index contributed by atoms with van der Waals surface area (Å²) in [7, 11) is 0. The summed E-state index contributed by atoms with van der Waals surface area (Å²) in [5.41, 5.74) is 2.28. The van der Waals surface area contributed by atoms with E-state index >= 15 is 0 Å². The SMILES string of the molecule is CC(C)(OO)c1ccc(C[CH]c2ccc([N+](=O)[O-])cc2)cc1. The van der Waals surface area contributed by atoms with E-state index in [1.54, 1.807) is 26.0 Å². The molecule has 0 bridgehead atoms. The standard InChI is InChI=1S/C17H18NO4/c1-17(2,22-21)15-9-5-13(6-10-15)3-4-14-7-11-16(12-8-14)18(19)20/h4-12,21H,3H2,1-2H3. The van der Waals surface area contributed by atoms with E-state index in [-0.39, 0.29) is 5.69 Å². The van der Waals surface area contributed by atoms with Crippen LogP contribution in [0.15, 0.2) is 48.5 Å². The van der Waals surface area contributed by atoms with Crippen molar-refractivity contribution in [2.75, 3.05) is 0 Å². The van der Waals surface area contributed by atoms with Crippen LogP contribution in [0.1, 0.15) is 30.5 Å². The first-order chi connectivity index (χ1) is 10.4. The van der Waals surface area contributed by atoms with Crippen LogP contribution in [-0.2, 0) is 16.9 Å². The van der Waals surface area contributed by atoms with Crippen LogP contribution in [0.4, 0.5) is 5.69 Å². The van der Waals surface area contributed by atoms with Crippen molar-refractivity contribution in [3.8, 4) is 0 Å². The molecule has 0 saturated heterocycles. The van der Waals surface area contributed by atoms with Gasteiger partial charge in [-0.2, -0.15) is 0 Å². The number of hydrogen-bond donors (Lipinski definition) is 1. The Labute approximate surface area is 129 Å². The van der Waals surface area contributed by atoms with Gasteiger partial charge in [-0.3, -0.25) is 15.4 Å². The van der Waals surface area contributed by atoms with E-state index < -0.39 is 10.5 Å². The number of rotatable bonds is 6. The van der Waals surface area contributed by atoms with Gasteiger partial charge in [0.25, 0.3) is 5.69 Å². The van der Waals surface area contributed by atoms with E-state index in [9.17, 15) is 10.1 Å². The van der Waals surface area contributed by atoms with Gasteiger partial charge in [0.1, 0.15) is 5.60 Å². The zero-order valence-corrected chi connectivity index (χ0v) is 12.5. The lowest BCUT2D eigenvalue weighted by Crippen LogP contribution is -2.19. The van der Waals surface area contributed by atoms with Crippen molar-refractivity contribution in [3.05, 3.63) is 81.8 Å². The molecule has 0 amide bonds. The fourth-order valence-electron chi connectivity index (χ4n) is 2.06. The van der Waals surface area contributed by atoms with Gasteiger partial charge >= 0.3 is 0 Å². The summed E-state index contributed by atoms with van der Waals surface area (Å²) in [5, 5.41) is 19.5. The second-order valence-electron chi connectivity index (χ2n) is 5.56. The van der Waals surface area contributed by atoms with Crippen LogP contribution < -0.4 is 0 Å². The minimum Gasteiger partial charge on any atom is -0.258 e. The average Bonchev–Trinajstić information content (AvgIpc) is 2.53. The summed E-state index contributed by atoms with van der Waals surface area (Å²) in [6, 6.07) is 14.2. The van der Waals surface area contributed by atoms with E-state index in [1.807, 2.05) is 30.7 Å². The minimum atomic E-state index is -0.736. The maximum Gasteiger partial charge on any atom is 0.269 e. The van der Waals surface area contributed by atoms with Crippen LogP contribution in [0.5, 0.6) is 0 Å². The van der Waals surface area contributed by atoms with Crippen LogP contribution in [-0.4, -0.2) is 10.2 Å². The highest BCUT2D eigenvalue weighted by Crippen LogP contribution is 2.24. The molecule has 0 unspecified atom stereocenters. The zero-order valence-electron chi connectivity index (χ0n) is 12.5. The smallest absolute Gasteiger partial charge is 0.258 e. The summed E-state index contributed by atoms with van der Waals surface area (Å²) in [6.07, 6.45) is 2.73. The first-order valence-electron chi connectivity index (χ1n) is 6.92. The molecule has 2 aromatic carbocycles. The molecule has 5 nitrogen and oxygen atoms in total. The molecule has 1 N–H and O–H groups in total. The molecular formula is C17H18NO4. The van der Waals surface area contributed by atoms with Crippen molar-refractivity contribution in [2.45, 2.75) is 25.9 Å². The fourth-order valence-corrected chi connectivity index (χ4v) is 2.06. The fraction of sp³-hybridized carbons (Fsp3) is 0.235. The molecule has 22 heavy (non-hydrogen) atoms. The van der Waals surface area contributed by atoms with Gasteiger partial charge < -0.3 is 0 Å². The minimum absolute atomic E-state index is 0.0905. The normalized spacial score (nSPS) is 11.4. The van der Waals surface area contributed by atoms with Gasteiger partial charge in [0, 0.05) is 12.1 Å². The maximum atomic E-state index is 10.6. The third-order valence-electron chi connectivity index (χ3n) is 3.55. The number of benzene rings is 2. The Kier molecular flexibility index (Phi) is 4.90. The quantitative estimate of drug-likeness (QED) is 0.495. The molecule has 0 atom stereocenters. The van der Waals surface area contributed by atoms with E-state index in [2.05, 4.69) is 4.89 Å². The van der Waals surface area contributed by atoms with Crippen molar-refractivity contribution < 1.29 is 15.1 Å². The molecule has 0 spiro atoms. The van der Waals surface area contributed by atoms with Gasteiger partial charge in [0.05, 0.1) is 4.92 Å². The second-order valence-corrected chi connectivity index (χ2v) is 5.56. The van der Waals surface area contributed by atoms with Crippen molar-refractivity contribution >= 4 is 5.69 Å². The number of hydrogen-bond acceptors (Lipinski definition) is 4. The van der Waals surface area contributed by atoms with Gasteiger partial charge in [-0.25, -0.2) is 4.89 Å². The van der Waals surface area contributed by atoms with Crippen molar-refractivity contribution in [3.63, 3.8) is 0 Å². The molecule has 0 aliphatic rings. The number of nitro benzene ring substituents is 1. The Morgan fingerprint density at radius 2 is 1.73 bits per heavy atom. The summed E-state index contributed by atoms with van der Waals surface area (Å²) in [5.74, 6) is 0. The Morgan fingerprint density at radius 3 is 2.23 bits per heavy atom. The van der Waals surface area contributed by atoms with Crippen LogP contribution in [0.2, 0.25) is 0 Å². The van der Waals surface area contributed by atoms with Gasteiger partial charge in [-0.1, -0.05) is 36.4 Å². The molecule has 2 rings (SSSR count). The van der Waals surface area contributed by atoms with Crippen LogP contribution >= 0.6 is 0 Å². The molecule has 0 aliphatic carbocycles. The molecule has 0 saturated carbocycles. The van der Waals surface area contributed by atoms with E-state index in [0.29, 0.717) is 0 Å². The van der Waals surface area contributed by atoms with Gasteiger partial charge in [-0.15, -0.1) is 0 Å². The van der Waals surface area contributed by atoms with Crippen LogP contribution in [0, 0.1) is 16.5 Å². The number of nitro groups is 1. The molecule has 0 aromatic heterocycles. The molecule has 0 fully saturated rings. The zero-order chi connectivity index (χ0) is 16.2. The Morgan fingerprint density at radius 1 is 1.14 bits per heavy atom. The molecule has 5 heteroatoms. The molecule has 0 aliphatic heterocycles. The third-order valence-corrected chi connectivity index (χ3v) is 3.55. The van der Waals surface area contributed by atoms with Crippen LogP contribution in [0.3, 0.4) is 0 Å². The average molecular weight is 300 g/mol. The van der Waals surface area contributed by atoms with Crippen molar-refractivity contribution in [1.82, 2.24) is 0 Å². The molecular weight excluding hydrogens is 282 g/mol. The van der Waals surface area contributed by atoms with E-state index in [1.165, 1.54) is 12.1 Å². The van der Waals surface area contributed by atoms with E-state index in [0.717, 1.165) is 23.1 Å². The first-order valence-corrected chi connectivity index (χ1v) is 6.92. The maximum absolute atomic E-state index is 10.6.